The monoisotopic (exact) mass is 228 g/mol. The zero-order valence-corrected chi connectivity index (χ0v) is 10.2. The molecule has 2 aromatic rings. The van der Waals surface area contributed by atoms with Crippen molar-refractivity contribution in [2.45, 2.75) is 26.7 Å². The molecule has 0 amide bonds. The molecular formula is C15H16O2. The molecule has 1 aromatic heterocycles. The molecule has 0 fully saturated rings. The molecule has 1 aromatic carbocycles. The minimum atomic E-state index is 0.0400. The Balaban J connectivity index is 2.30. The van der Waals surface area contributed by atoms with E-state index in [0.717, 1.165) is 24.2 Å². The van der Waals surface area contributed by atoms with Gasteiger partial charge in [0.15, 0.2) is 5.78 Å². The molecule has 0 N–H and O–H groups in total. The van der Waals surface area contributed by atoms with E-state index in [-0.39, 0.29) is 5.78 Å². The maximum absolute atomic E-state index is 12.2. The molecule has 0 saturated heterocycles. The van der Waals surface area contributed by atoms with Crippen molar-refractivity contribution >= 4 is 5.78 Å². The molecule has 2 heteroatoms. The van der Waals surface area contributed by atoms with E-state index in [2.05, 4.69) is 6.92 Å². The number of carbonyl (C=O) groups excluding carboxylic acids is 1. The molecule has 0 radical (unpaired) electrons. The summed E-state index contributed by atoms with van der Waals surface area (Å²) >= 11 is 0. The number of carbonyl (C=O) groups is 1. The van der Waals surface area contributed by atoms with Crippen LogP contribution in [0.3, 0.4) is 0 Å². The number of aryl methyl sites for hydroxylation is 2. The van der Waals surface area contributed by atoms with Crippen molar-refractivity contribution in [1.29, 1.82) is 0 Å². The molecule has 0 bridgehead atoms. The third-order valence-corrected chi connectivity index (χ3v) is 2.94. The summed E-state index contributed by atoms with van der Waals surface area (Å²) < 4.78 is 5.28. The number of hydrogen-bond donors (Lipinski definition) is 0. The number of rotatable bonds is 4. The zero-order chi connectivity index (χ0) is 12.3. The first-order chi connectivity index (χ1) is 8.26. The normalized spacial score (nSPS) is 10.5. The molecule has 0 spiro atoms. The molecule has 17 heavy (non-hydrogen) atoms. The van der Waals surface area contributed by atoms with Crippen LogP contribution in [0.25, 0.3) is 0 Å². The Morgan fingerprint density at radius 2 is 1.76 bits per heavy atom. The Bertz CT molecular complexity index is 506. The smallest absolute Gasteiger partial charge is 0.196 e. The highest BCUT2D eigenvalue weighted by molar-refractivity contribution is 6.09. The third kappa shape index (κ3) is 2.31. The summed E-state index contributed by atoms with van der Waals surface area (Å²) in [6.45, 7) is 4.08. The molecule has 1 heterocycles. The summed E-state index contributed by atoms with van der Waals surface area (Å²) in [6.07, 6.45) is 3.30. The first-order valence-electron chi connectivity index (χ1n) is 5.96. The quantitative estimate of drug-likeness (QED) is 0.748. The SMILES string of the molecule is CCc1ccc(C(=O)c2ccoc2CC)cc1. The van der Waals surface area contributed by atoms with Gasteiger partial charge in [-0.1, -0.05) is 38.1 Å². The average Bonchev–Trinajstić information content (AvgIpc) is 2.86. The fourth-order valence-corrected chi connectivity index (χ4v) is 1.86. The lowest BCUT2D eigenvalue weighted by molar-refractivity contribution is 0.103. The number of furan rings is 1. The van der Waals surface area contributed by atoms with E-state index in [4.69, 9.17) is 4.42 Å². The van der Waals surface area contributed by atoms with Crippen LogP contribution < -0.4 is 0 Å². The van der Waals surface area contributed by atoms with E-state index in [1.807, 2.05) is 31.2 Å². The predicted molar refractivity (Wildman–Crippen MR) is 67.3 cm³/mol. The number of ketones is 1. The predicted octanol–water partition coefficient (Wildman–Crippen LogP) is 3.64. The van der Waals surface area contributed by atoms with E-state index in [0.29, 0.717) is 5.56 Å². The Morgan fingerprint density at radius 1 is 1.06 bits per heavy atom. The van der Waals surface area contributed by atoms with Gasteiger partial charge < -0.3 is 4.42 Å². The Hall–Kier alpha value is -1.83. The second kappa shape index (κ2) is 5.00. The van der Waals surface area contributed by atoms with E-state index in [1.165, 1.54) is 5.56 Å². The van der Waals surface area contributed by atoms with Crippen LogP contribution in [-0.2, 0) is 12.8 Å². The molecule has 2 nitrogen and oxygen atoms in total. The van der Waals surface area contributed by atoms with Gasteiger partial charge in [0.05, 0.1) is 11.8 Å². The van der Waals surface area contributed by atoms with E-state index >= 15 is 0 Å². The zero-order valence-electron chi connectivity index (χ0n) is 10.2. The van der Waals surface area contributed by atoms with Gasteiger partial charge in [-0.05, 0) is 18.1 Å². The maximum atomic E-state index is 12.2. The van der Waals surface area contributed by atoms with Crippen LogP contribution in [0.2, 0.25) is 0 Å². The molecule has 0 atom stereocenters. The maximum Gasteiger partial charge on any atom is 0.196 e. The van der Waals surface area contributed by atoms with Gasteiger partial charge in [0.2, 0.25) is 0 Å². The summed E-state index contributed by atoms with van der Waals surface area (Å²) in [5.41, 5.74) is 2.64. The molecule has 0 saturated carbocycles. The van der Waals surface area contributed by atoms with Gasteiger partial charge in [0.1, 0.15) is 5.76 Å². The van der Waals surface area contributed by atoms with Gasteiger partial charge in [0, 0.05) is 12.0 Å². The van der Waals surface area contributed by atoms with Crippen LogP contribution in [0.5, 0.6) is 0 Å². The van der Waals surface area contributed by atoms with Crippen molar-refractivity contribution in [2.24, 2.45) is 0 Å². The molecule has 0 aliphatic carbocycles. The van der Waals surface area contributed by atoms with Crippen LogP contribution in [0.4, 0.5) is 0 Å². The summed E-state index contributed by atoms with van der Waals surface area (Å²) in [7, 11) is 0. The fourth-order valence-electron chi connectivity index (χ4n) is 1.86. The van der Waals surface area contributed by atoms with E-state index in [1.54, 1.807) is 12.3 Å². The topological polar surface area (TPSA) is 30.2 Å². The van der Waals surface area contributed by atoms with Gasteiger partial charge in [-0.25, -0.2) is 0 Å². The third-order valence-electron chi connectivity index (χ3n) is 2.94. The number of hydrogen-bond acceptors (Lipinski definition) is 2. The van der Waals surface area contributed by atoms with Gasteiger partial charge in [-0.2, -0.15) is 0 Å². The minimum absolute atomic E-state index is 0.0400. The van der Waals surface area contributed by atoms with Crippen molar-refractivity contribution < 1.29 is 9.21 Å². The lowest BCUT2D eigenvalue weighted by atomic mass is 10.0. The van der Waals surface area contributed by atoms with E-state index < -0.39 is 0 Å². The fraction of sp³-hybridized carbons (Fsp3) is 0.267. The van der Waals surface area contributed by atoms with Crippen LogP contribution in [0.15, 0.2) is 41.0 Å². The Morgan fingerprint density at radius 3 is 2.35 bits per heavy atom. The first kappa shape index (κ1) is 11.6. The first-order valence-corrected chi connectivity index (χ1v) is 5.96. The summed E-state index contributed by atoms with van der Waals surface area (Å²) in [5.74, 6) is 0.799. The van der Waals surface area contributed by atoms with Crippen molar-refractivity contribution in [3.8, 4) is 0 Å². The molecule has 2 rings (SSSR count). The van der Waals surface area contributed by atoms with Crippen LogP contribution in [0, 0.1) is 0 Å². The Kier molecular flexibility index (Phi) is 3.43. The highest BCUT2D eigenvalue weighted by atomic mass is 16.3. The van der Waals surface area contributed by atoms with E-state index in [9.17, 15) is 4.79 Å². The standard InChI is InChI=1S/C15H16O2/c1-3-11-5-7-12(8-6-11)15(16)13-9-10-17-14(13)4-2/h5-10H,3-4H2,1-2H3. The molecule has 0 aliphatic rings. The second-order valence-corrected chi connectivity index (χ2v) is 3.99. The van der Waals surface area contributed by atoms with Crippen LogP contribution in [-0.4, -0.2) is 5.78 Å². The number of benzene rings is 1. The van der Waals surface area contributed by atoms with Gasteiger partial charge in [0.25, 0.3) is 0 Å². The minimum Gasteiger partial charge on any atom is -0.469 e. The van der Waals surface area contributed by atoms with Gasteiger partial charge in [-0.15, -0.1) is 0 Å². The largest absolute Gasteiger partial charge is 0.469 e. The highest BCUT2D eigenvalue weighted by Gasteiger charge is 2.14. The summed E-state index contributed by atoms with van der Waals surface area (Å²) in [4.78, 5) is 12.2. The van der Waals surface area contributed by atoms with Crippen molar-refractivity contribution in [3.63, 3.8) is 0 Å². The molecule has 0 unspecified atom stereocenters. The lowest BCUT2D eigenvalue weighted by Crippen LogP contribution is -2.02. The Labute approximate surface area is 101 Å². The molecular weight excluding hydrogens is 212 g/mol. The van der Waals surface area contributed by atoms with Crippen LogP contribution in [0.1, 0.15) is 41.1 Å². The van der Waals surface area contributed by atoms with Crippen molar-refractivity contribution in [2.75, 3.05) is 0 Å². The highest BCUT2D eigenvalue weighted by Crippen LogP contribution is 2.17. The summed E-state index contributed by atoms with van der Waals surface area (Å²) in [6, 6.07) is 9.51. The summed E-state index contributed by atoms with van der Waals surface area (Å²) in [5, 5.41) is 0. The van der Waals surface area contributed by atoms with Crippen LogP contribution >= 0.6 is 0 Å². The lowest BCUT2D eigenvalue weighted by Gasteiger charge is -2.02. The van der Waals surface area contributed by atoms with Gasteiger partial charge in [-0.3, -0.25) is 4.79 Å². The van der Waals surface area contributed by atoms with Gasteiger partial charge >= 0.3 is 0 Å². The van der Waals surface area contributed by atoms with Crippen molar-refractivity contribution in [3.05, 3.63) is 59.0 Å². The average molecular weight is 228 g/mol. The van der Waals surface area contributed by atoms with Crippen molar-refractivity contribution in [1.82, 2.24) is 0 Å². The molecule has 88 valence electrons. The molecule has 0 aliphatic heterocycles. The second-order valence-electron chi connectivity index (χ2n) is 3.99.